The van der Waals surface area contributed by atoms with Gasteiger partial charge in [0.05, 0.1) is 7.11 Å². The van der Waals surface area contributed by atoms with Crippen LogP contribution in [0.15, 0.2) is 12.1 Å². The van der Waals surface area contributed by atoms with Gasteiger partial charge in [0.1, 0.15) is 5.75 Å². The largest absolute Gasteiger partial charge is 0.496 e. The van der Waals surface area contributed by atoms with Crippen LogP contribution in [0, 0.1) is 19.8 Å². The summed E-state index contributed by atoms with van der Waals surface area (Å²) < 4.78 is 5.56. The van der Waals surface area contributed by atoms with E-state index in [1.54, 1.807) is 7.11 Å². The Balaban J connectivity index is 3.13. The fourth-order valence-electron chi connectivity index (χ4n) is 2.46. The van der Waals surface area contributed by atoms with Gasteiger partial charge in [0.15, 0.2) is 0 Å². The van der Waals surface area contributed by atoms with E-state index in [1.807, 2.05) is 0 Å². The van der Waals surface area contributed by atoms with E-state index in [0.29, 0.717) is 11.8 Å². The first kappa shape index (κ1) is 15.0. The Hall–Kier alpha value is -1.02. The van der Waals surface area contributed by atoms with Gasteiger partial charge in [-0.1, -0.05) is 19.9 Å². The highest BCUT2D eigenvalue weighted by molar-refractivity contribution is 5.44. The summed E-state index contributed by atoms with van der Waals surface area (Å²) in [6.07, 6.45) is 2.20. The number of hydrogen-bond donors (Lipinski definition) is 1. The summed E-state index contributed by atoms with van der Waals surface area (Å²) in [6, 6.07) is 4.44. The highest BCUT2D eigenvalue weighted by Crippen LogP contribution is 2.36. The average molecular weight is 249 g/mol. The van der Waals surface area contributed by atoms with Gasteiger partial charge in [-0.25, -0.2) is 0 Å². The molecule has 0 radical (unpaired) electrons. The van der Waals surface area contributed by atoms with E-state index in [9.17, 15) is 0 Å². The second-order valence-electron chi connectivity index (χ2n) is 5.46. The summed E-state index contributed by atoms with van der Waals surface area (Å²) in [4.78, 5) is 0. The molecule has 1 aromatic carbocycles. The number of rotatable bonds is 6. The molecule has 0 aromatic heterocycles. The van der Waals surface area contributed by atoms with Gasteiger partial charge >= 0.3 is 0 Å². The van der Waals surface area contributed by atoms with Crippen molar-refractivity contribution in [1.82, 2.24) is 0 Å². The van der Waals surface area contributed by atoms with E-state index >= 15 is 0 Å². The highest BCUT2D eigenvalue weighted by atomic mass is 16.5. The monoisotopic (exact) mass is 249 g/mol. The molecule has 102 valence electrons. The zero-order valence-corrected chi connectivity index (χ0v) is 12.4. The van der Waals surface area contributed by atoms with Crippen molar-refractivity contribution >= 4 is 0 Å². The normalized spacial score (nSPS) is 12.8. The first-order chi connectivity index (χ1) is 8.51. The van der Waals surface area contributed by atoms with Crippen LogP contribution in [0.2, 0.25) is 0 Å². The number of hydrogen-bond acceptors (Lipinski definition) is 2. The molecule has 0 fully saturated rings. The molecule has 2 nitrogen and oxygen atoms in total. The quantitative estimate of drug-likeness (QED) is 0.832. The predicted molar refractivity (Wildman–Crippen MR) is 78.3 cm³/mol. The number of ether oxygens (including phenoxy) is 1. The lowest BCUT2D eigenvalue weighted by molar-refractivity contribution is 0.386. The molecule has 2 N–H and O–H groups in total. The van der Waals surface area contributed by atoms with Crippen molar-refractivity contribution in [1.29, 1.82) is 0 Å². The molecule has 1 aromatic rings. The third kappa shape index (κ3) is 3.49. The molecule has 0 saturated heterocycles. The Labute approximate surface area is 112 Å². The zero-order valence-electron chi connectivity index (χ0n) is 12.4. The van der Waals surface area contributed by atoms with Crippen LogP contribution in [0.5, 0.6) is 5.75 Å². The number of aryl methyl sites for hydroxylation is 2. The van der Waals surface area contributed by atoms with Gasteiger partial charge in [0, 0.05) is 0 Å². The minimum Gasteiger partial charge on any atom is -0.496 e. The van der Waals surface area contributed by atoms with Crippen molar-refractivity contribution in [3.05, 3.63) is 28.8 Å². The molecule has 0 amide bonds. The Kier molecular flexibility index (Phi) is 5.67. The fraction of sp³-hybridized carbons (Fsp3) is 0.625. The Bertz CT molecular complexity index is 385. The molecule has 0 aliphatic heterocycles. The molecule has 0 bridgehead atoms. The topological polar surface area (TPSA) is 35.2 Å². The third-order valence-corrected chi connectivity index (χ3v) is 3.77. The summed E-state index contributed by atoms with van der Waals surface area (Å²) in [6.45, 7) is 9.60. The van der Waals surface area contributed by atoms with Gasteiger partial charge in [-0.05, 0) is 67.8 Å². The Morgan fingerprint density at radius 3 is 2.28 bits per heavy atom. The number of nitrogens with two attached hydrogens (primary N) is 1. The number of methoxy groups -OCH3 is 1. The van der Waals surface area contributed by atoms with Crippen molar-refractivity contribution in [3.63, 3.8) is 0 Å². The van der Waals surface area contributed by atoms with E-state index in [-0.39, 0.29) is 0 Å². The van der Waals surface area contributed by atoms with Crippen LogP contribution in [-0.4, -0.2) is 13.7 Å². The lowest BCUT2D eigenvalue weighted by Gasteiger charge is -2.24. The van der Waals surface area contributed by atoms with Crippen LogP contribution >= 0.6 is 0 Å². The molecule has 2 heteroatoms. The van der Waals surface area contributed by atoms with Crippen molar-refractivity contribution < 1.29 is 4.74 Å². The molecule has 0 aliphatic rings. The molecule has 1 rings (SSSR count). The van der Waals surface area contributed by atoms with Crippen molar-refractivity contribution in [3.8, 4) is 5.75 Å². The summed E-state index contributed by atoms with van der Waals surface area (Å²) in [5.74, 6) is 2.16. The molecule has 1 unspecified atom stereocenters. The lowest BCUT2D eigenvalue weighted by atomic mass is 9.83. The van der Waals surface area contributed by atoms with E-state index in [1.165, 1.54) is 16.7 Å². The average Bonchev–Trinajstić information content (AvgIpc) is 2.33. The standard InChI is InChI=1S/C16H27NO/c1-11(2)14(7-6-8-17)15-9-12(3)13(4)10-16(15)18-5/h9-11,14H,6-8,17H2,1-5H3. The first-order valence-electron chi connectivity index (χ1n) is 6.86. The van der Waals surface area contributed by atoms with E-state index in [0.717, 1.165) is 25.1 Å². The van der Waals surface area contributed by atoms with Crippen molar-refractivity contribution in [2.45, 2.75) is 46.5 Å². The maximum atomic E-state index is 5.65. The van der Waals surface area contributed by atoms with Crippen LogP contribution in [-0.2, 0) is 0 Å². The summed E-state index contributed by atoms with van der Waals surface area (Å²) in [7, 11) is 1.76. The van der Waals surface area contributed by atoms with Crippen LogP contribution in [0.1, 0.15) is 49.3 Å². The molecule has 0 heterocycles. The Morgan fingerprint density at radius 1 is 1.17 bits per heavy atom. The predicted octanol–water partition coefficient (Wildman–Crippen LogP) is 3.79. The van der Waals surface area contributed by atoms with E-state index < -0.39 is 0 Å². The van der Waals surface area contributed by atoms with Gasteiger partial charge in [-0.15, -0.1) is 0 Å². The molecular formula is C16H27NO. The smallest absolute Gasteiger partial charge is 0.122 e. The van der Waals surface area contributed by atoms with Gasteiger partial charge in [0.2, 0.25) is 0 Å². The van der Waals surface area contributed by atoms with Gasteiger partial charge in [0.25, 0.3) is 0 Å². The van der Waals surface area contributed by atoms with Crippen LogP contribution in [0.25, 0.3) is 0 Å². The Morgan fingerprint density at radius 2 is 1.78 bits per heavy atom. The zero-order chi connectivity index (χ0) is 13.7. The van der Waals surface area contributed by atoms with E-state index in [4.69, 9.17) is 10.5 Å². The number of benzene rings is 1. The first-order valence-corrected chi connectivity index (χ1v) is 6.86. The summed E-state index contributed by atoms with van der Waals surface area (Å²) in [5, 5.41) is 0. The molecule has 0 saturated carbocycles. The van der Waals surface area contributed by atoms with Gasteiger partial charge in [-0.3, -0.25) is 0 Å². The fourth-order valence-corrected chi connectivity index (χ4v) is 2.46. The van der Waals surface area contributed by atoms with Crippen LogP contribution in [0.4, 0.5) is 0 Å². The maximum absolute atomic E-state index is 5.65. The minimum absolute atomic E-state index is 0.530. The maximum Gasteiger partial charge on any atom is 0.122 e. The molecular weight excluding hydrogens is 222 g/mol. The molecule has 0 aliphatic carbocycles. The second kappa shape index (κ2) is 6.79. The van der Waals surface area contributed by atoms with Gasteiger partial charge < -0.3 is 10.5 Å². The van der Waals surface area contributed by atoms with Gasteiger partial charge in [-0.2, -0.15) is 0 Å². The van der Waals surface area contributed by atoms with Crippen LogP contribution < -0.4 is 10.5 Å². The minimum atomic E-state index is 0.530. The lowest BCUT2D eigenvalue weighted by Crippen LogP contribution is -2.11. The molecule has 1 atom stereocenters. The molecule has 18 heavy (non-hydrogen) atoms. The van der Waals surface area contributed by atoms with E-state index in [2.05, 4.69) is 39.8 Å². The SMILES string of the molecule is COc1cc(C)c(C)cc1C(CCCN)C(C)C. The van der Waals surface area contributed by atoms with Crippen molar-refractivity contribution in [2.75, 3.05) is 13.7 Å². The molecule has 0 spiro atoms. The highest BCUT2D eigenvalue weighted by Gasteiger charge is 2.20. The third-order valence-electron chi connectivity index (χ3n) is 3.77. The second-order valence-corrected chi connectivity index (χ2v) is 5.46. The summed E-state index contributed by atoms with van der Waals surface area (Å²) in [5.41, 5.74) is 9.61. The van der Waals surface area contributed by atoms with Crippen molar-refractivity contribution in [2.24, 2.45) is 11.7 Å². The summed E-state index contributed by atoms with van der Waals surface area (Å²) >= 11 is 0. The van der Waals surface area contributed by atoms with Crippen LogP contribution in [0.3, 0.4) is 0 Å².